The van der Waals surface area contributed by atoms with Crippen LogP contribution in [0.15, 0.2) is 54.6 Å². The summed E-state index contributed by atoms with van der Waals surface area (Å²) >= 11 is 0. The molecule has 0 spiro atoms. The summed E-state index contributed by atoms with van der Waals surface area (Å²) in [6, 6.07) is 16.9. The smallest absolute Gasteiger partial charge is 0.306 e. The molecule has 1 aliphatic carbocycles. The maximum Gasteiger partial charge on any atom is 0.306 e. The average molecular weight is 416 g/mol. The van der Waals surface area contributed by atoms with E-state index >= 15 is 0 Å². The lowest BCUT2D eigenvalue weighted by atomic mass is 10.0. The summed E-state index contributed by atoms with van der Waals surface area (Å²) in [5, 5.41) is 0. The van der Waals surface area contributed by atoms with E-state index < -0.39 is 10.1 Å². The van der Waals surface area contributed by atoms with Gasteiger partial charge in [-0.15, -0.1) is 0 Å². The molecule has 0 N–H and O–H groups in total. The van der Waals surface area contributed by atoms with Gasteiger partial charge in [-0.1, -0.05) is 68.1 Å². The van der Waals surface area contributed by atoms with E-state index in [4.69, 9.17) is 4.18 Å². The molecule has 3 rings (SSSR count). The molecule has 0 bridgehead atoms. The first-order chi connectivity index (χ1) is 13.9. The molecule has 0 aliphatic heterocycles. The summed E-state index contributed by atoms with van der Waals surface area (Å²) in [4.78, 5) is 14.9. The lowest BCUT2D eigenvalue weighted by molar-refractivity contribution is -0.132. The van der Waals surface area contributed by atoms with Crippen molar-refractivity contribution in [1.29, 1.82) is 0 Å². The molecule has 1 saturated carbocycles. The summed E-state index contributed by atoms with van der Waals surface area (Å²) in [6.45, 7) is 1.05. The maximum absolute atomic E-state index is 13.0. The van der Waals surface area contributed by atoms with Gasteiger partial charge in [-0.25, -0.2) is 0 Å². The van der Waals surface area contributed by atoms with E-state index in [-0.39, 0.29) is 11.7 Å². The Morgan fingerprint density at radius 1 is 0.966 bits per heavy atom. The van der Waals surface area contributed by atoms with Gasteiger partial charge in [0.25, 0.3) is 0 Å². The van der Waals surface area contributed by atoms with Gasteiger partial charge in [-0.3, -0.25) is 4.79 Å². The molecule has 5 nitrogen and oxygen atoms in total. The quantitative estimate of drug-likeness (QED) is 0.565. The van der Waals surface area contributed by atoms with E-state index in [0.717, 1.165) is 23.8 Å². The molecule has 0 heterocycles. The Bertz CT molecular complexity index is 888. The van der Waals surface area contributed by atoms with Gasteiger partial charge in [0.2, 0.25) is 5.91 Å². The van der Waals surface area contributed by atoms with Crippen LogP contribution in [0, 0.1) is 5.92 Å². The van der Waals surface area contributed by atoms with Crippen molar-refractivity contribution in [3.05, 3.63) is 65.7 Å². The highest BCUT2D eigenvalue weighted by atomic mass is 32.2. The van der Waals surface area contributed by atoms with Crippen LogP contribution >= 0.6 is 0 Å². The Balaban J connectivity index is 1.67. The van der Waals surface area contributed by atoms with Crippen molar-refractivity contribution in [1.82, 2.24) is 4.90 Å². The van der Waals surface area contributed by atoms with Crippen LogP contribution in [-0.4, -0.2) is 25.5 Å². The number of benzene rings is 2. The molecular formula is C23H29NO4S. The van der Waals surface area contributed by atoms with Crippen molar-refractivity contribution < 1.29 is 17.4 Å². The van der Waals surface area contributed by atoms with E-state index in [9.17, 15) is 13.2 Å². The Labute approximate surface area is 173 Å². The summed E-state index contributed by atoms with van der Waals surface area (Å²) in [5.74, 6) is 1.13. The van der Waals surface area contributed by atoms with Crippen LogP contribution in [0.2, 0.25) is 0 Å². The van der Waals surface area contributed by atoms with Gasteiger partial charge < -0.3 is 9.08 Å². The van der Waals surface area contributed by atoms with Gasteiger partial charge in [-0.2, -0.15) is 8.42 Å². The number of rotatable bonds is 9. The zero-order valence-electron chi connectivity index (χ0n) is 16.9. The van der Waals surface area contributed by atoms with Gasteiger partial charge >= 0.3 is 10.1 Å². The van der Waals surface area contributed by atoms with Gasteiger partial charge in [0, 0.05) is 19.5 Å². The lowest BCUT2D eigenvalue weighted by Gasteiger charge is -2.24. The molecule has 29 heavy (non-hydrogen) atoms. The second kappa shape index (κ2) is 9.92. The fourth-order valence-corrected chi connectivity index (χ4v) is 4.33. The van der Waals surface area contributed by atoms with Crippen LogP contribution in [0.1, 0.15) is 49.7 Å². The number of hydrogen-bond acceptors (Lipinski definition) is 4. The van der Waals surface area contributed by atoms with Crippen LogP contribution in [0.4, 0.5) is 0 Å². The monoisotopic (exact) mass is 415 g/mol. The minimum atomic E-state index is -3.55. The van der Waals surface area contributed by atoms with Crippen molar-refractivity contribution in [3.63, 3.8) is 0 Å². The standard InChI is InChI=1S/C23H29NO4S/c1-29(26,27)28-22-14-11-21(12-15-22)18-24(17-20-9-3-2-4-10-20)23(25)16-13-19-7-5-6-8-19/h2-4,9-12,14-15,19H,5-8,13,16-18H2,1H3. The predicted octanol–water partition coefficient (Wildman–Crippen LogP) is 4.52. The fraction of sp³-hybridized carbons (Fsp3) is 0.435. The van der Waals surface area contributed by atoms with E-state index in [1.165, 1.54) is 25.7 Å². The van der Waals surface area contributed by atoms with Gasteiger partial charge in [0.05, 0.1) is 6.26 Å². The van der Waals surface area contributed by atoms with Crippen molar-refractivity contribution in [2.75, 3.05) is 6.26 Å². The third-order valence-corrected chi connectivity index (χ3v) is 5.85. The Kier molecular flexibility index (Phi) is 7.31. The van der Waals surface area contributed by atoms with E-state index in [1.54, 1.807) is 12.1 Å². The molecule has 156 valence electrons. The zero-order valence-corrected chi connectivity index (χ0v) is 17.7. The minimum absolute atomic E-state index is 0.164. The Morgan fingerprint density at radius 2 is 1.55 bits per heavy atom. The zero-order chi connectivity index (χ0) is 20.7. The number of amides is 1. The third-order valence-electron chi connectivity index (χ3n) is 5.35. The second-order valence-electron chi connectivity index (χ2n) is 7.86. The second-order valence-corrected chi connectivity index (χ2v) is 9.43. The highest BCUT2D eigenvalue weighted by molar-refractivity contribution is 7.86. The molecule has 2 aromatic rings. The molecule has 0 aromatic heterocycles. The Hall–Kier alpha value is -2.34. The van der Waals surface area contributed by atoms with Crippen molar-refractivity contribution in [2.45, 2.75) is 51.6 Å². The maximum atomic E-state index is 13.0. The first-order valence-corrected chi connectivity index (χ1v) is 12.0. The number of nitrogens with zero attached hydrogens (tertiary/aromatic N) is 1. The van der Waals surface area contributed by atoms with Crippen molar-refractivity contribution >= 4 is 16.0 Å². The molecule has 1 amide bonds. The molecule has 1 aliphatic rings. The summed E-state index contributed by atoms with van der Waals surface area (Å²) < 4.78 is 27.4. The highest BCUT2D eigenvalue weighted by Crippen LogP contribution is 2.29. The molecule has 0 atom stereocenters. The molecule has 1 fully saturated rings. The first kappa shape index (κ1) is 21.4. The number of carbonyl (C=O) groups excluding carboxylic acids is 1. The van der Waals surface area contributed by atoms with Crippen molar-refractivity contribution in [2.24, 2.45) is 5.92 Å². The number of hydrogen-bond donors (Lipinski definition) is 0. The van der Waals surface area contributed by atoms with E-state index in [2.05, 4.69) is 0 Å². The SMILES string of the molecule is CS(=O)(=O)Oc1ccc(CN(Cc2ccccc2)C(=O)CCC2CCCC2)cc1. The van der Waals surface area contributed by atoms with Crippen molar-refractivity contribution in [3.8, 4) is 5.75 Å². The predicted molar refractivity (Wildman–Crippen MR) is 114 cm³/mol. The average Bonchev–Trinajstić information content (AvgIpc) is 3.20. The third kappa shape index (κ3) is 7.20. The van der Waals surface area contributed by atoms with Crippen LogP contribution in [0.5, 0.6) is 5.75 Å². The summed E-state index contributed by atoms with van der Waals surface area (Å²) in [5.41, 5.74) is 2.04. The van der Waals surface area contributed by atoms with Crippen LogP contribution in [0.25, 0.3) is 0 Å². The highest BCUT2D eigenvalue weighted by Gasteiger charge is 2.20. The van der Waals surface area contributed by atoms with Gasteiger partial charge in [0.1, 0.15) is 5.75 Å². The topological polar surface area (TPSA) is 63.7 Å². The molecular weight excluding hydrogens is 386 g/mol. The molecule has 2 aromatic carbocycles. The molecule has 6 heteroatoms. The van der Waals surface area contributed by atoms with Crippen LogP contribution in [0.3, 0.4) is 0 Å². The van der Waals surface area contributed by atoms with Crippen LogP contribution in [-0.2, 0) is 28.0 Å². The molecule has 0 saturated heterocycles. The lowest BCUT2D eigenvalue weighted by Crippen LogP contribution is -2.30. The van der Waals surface area contributed by atoms with Gasteiger partial charge in [0.15, 0.2) is 0 Å². The van der Waals surface area contributed by atoms with Crippen LogP contribution < -0.4 is 4.18 Å². The minimum Gasteiger partial charge on any atom is -0.383 e. The summed E-state index contributed by atoms with van der Waals surface area (Å²) in [6.07, 6.45) is 7.62. The Morgan fingerprint density at radius 3 is 2.14 bits per heavy atom. The summed E-state index contributed by atoms with van der Waals surface area (Å²) in [7, 11) is -3.55. The first-order valence-electron chi connectivity index (χ1n) is 10.2. The van der Waals surface area contributed by atoms with E-state index in [1.807, 2.05) is 47.4 Å². The molecule has 0 radical (unpaired) electrons. The molecule has 0 unspecified atom stereocenters. The fourth-order valence-electron chi connectivity index (χ4n) is 3.87. The van der Waals surface area contributed by atoms with E-state index in [0.29, 0.717) is 25.4 Å². The largest absolute Gasteiger partial charge is 0.383 e. The number of carbonyl (C=O) groups is 1. The normalized spacial score (nSPS) is 14.7. The van der Waals surface area contributed by atoms with Gasteiger partial charge in [-0.05, 0) is 35.6 Å².